The molecule has 3 heterocycles. The summed E-state index contributed by atoms with van der Waals surface area (Å²) >= 11 is 0. The topological polar surface area (TPSA) is 38.8 Å². The Hall–Kier alpha value is -1.59. The lowest BCUT2D eigenvalue weighted by Gasteiger charge is -2.53. The lowest BCUT2D eigenvalue weighted by atomic mass is 9.84. The zero-order valence-electron chi connectivity index (χ0n) is 16.9. The average Bonchev–Trinajstić information content (AvgIpc) is 2.70. The lowest BCUT2D eigenvalue weighted by Crippen LogP contribution is -2.66. The second-order valence-corrected chi connectivity index (χ2v) is 7.94. The maximum atomic E-state index is 13.1. The SMILES string of the molecule is CCCCN(C(=O)O[C@@H]1CC2CC[N+]1(CCOCC)CC2)c1ccccc1. The van der Waals surface area contributed by atoms with Crippen molar-refractivity contribution in [3.8, 4) is 0 Å². The number of rotatable bonds is 9. The third-order valence-electron chi connectivity index (χ3n) is 6.26. The number of anilines is 1. The number of hydrogen-bond donors (Lipinski definition) is 0. The number of unbranched alkanes of at least 4 members (excludes halogenated alkanes) is 1. The molecule has 1 amide bonds. The Morgan fingerprint density at radius 2 is 1.93 bits per heavy atom. The van der Waals surface area contributed by atoms with Gasteiger partial charge in [-0.2, -0.15) is 0 Å². The molecule has 0 N–H and O–H groups in total. The van der Waals surface area contributed by atoms with Crippen LogP contribution >= 0.6 is 0 Å². The Morgan fingerprint density at radius 1 is 1.19 bits per heavy atom. The Kier molecular flexibility index (Phi) is 7.13. The molecule has 1 aromatic carbocycles. The van der Waals surface area contributed by atoms with Crippen molar-refractivity contribution in [2.75, 3.05) is 44.3 Å². The van der Waals surface area contributed by atoms with Crippen LogP contribution in [0.15, 0.2) is 30.3 Å². The Morgan fingerprint density at radius 3 is 2.59 bits per heavy atom. The van der Waals surface area contributed by atoms with Crippen LogP contribution in [0.25, 0.3) is 0 Å². The molecule has 0 aromatic heterocycles. The van der Waals surface area contributed by atoms with Crippen molar-refractivity contribution in [3.63, 3.8) is 0 Å². The Balaban J connectivity index is 1.71. The molecule has 2 bridgehead atoms. The fourth-order valence-electron chi connectivity index (χ4n) is 4.52. The zero-order chi connectivity index (χ0) is 19.1. The highest BCUT2D eigenvalue weighted by Crippen LogP contribution is 2.39. The van der Waals surface area contributed by atoms with Gasteiger partial charge in [0.15, 0.2) is 0 Å². The smallest absolute Gasteiger partial charge is 0.396 e. The summed E-state index contributed by atoms with van der Waals surface area (Å²) in [4.78, 5) is 14.9. The number of carbonyl (C=O) groups excluding carboxylic acids is 1. The largest absolute Gasteiger partial charge is 0.418 e. The van der Waals surface area contributed by atoms with E-state index in [1.807, 2.05) is 42.2 Å². The summed E-state index contributed by atoms with van der Waals surface area (Å²) < 4.78 is 12.7. The van der Waals surface area contributed by atoms with Crippen LogP contribution in [0.5, 0.6) is 0 Å². The number of para-hydroxylation sites is 1. The molecule has 0 aliphatic carbocycles. The molecular formula is C22H35N2O3+. The number of quaternary nitrogens is 1. The van der Waals surface area contributed by atoms with Crippen molar-refractivity contribution in [3.05, 3.63) is 30.3 Å². The molecule has 3 fully saturated rings. The van der Waals surface area contributed by atoms with Crippen LogP contribution in [0.3, 0.4) is 0 Å². The van der Waals surface area contributed by atoms with Crippen molar-refractivity contribution in [2.45, 2.75) is 52.2 Å². The summed E-state index contributed by atoms with van der Waals surface area (Å²) in [5, 5.41) is 0. The fraction of sp³-hybridized carbons (Fsp3) is 0.682. The van der Waals surface area contributed by atoms with Gasteiger partial charge in [-0.1, -0.05) is 31.5 Å². The minimum atomic E-state index is -0.193. The summed E-state index contributed by atoms with van der Waals surface area (Å²) in [6, 6.07) is 9.91. The number of fused-ring (bicyclic) bond motifs is 3. The van der Waals surface area contributed by atoms with Crippen molar-refractivity contribution in [1.29, 1.82) is 0 Å². The number of hydrogen-bond acceptors (Lipinski definition) is 3. The quantitative estimate of drug-likeness (QED) is 0.474. The Bertz CT molecular complexity index is 584. The van der Waals surface area contributed by atoms with Gasteiger partial charge < -0.3 is 9.47 Å². The third kappa shape index (κ3) is 4.82. The normalized spacial score (nSPS) is 26.7. The molecule has 3 saturated heterocycles. The van der Waals surface area contributed by atoms with E-state index >= 15 is 0 Å². The monoisotopic (exact) mass is 375 g/mol. The molecule has 4 rings (SSSR count). The van der Waals surface area contributed by atoms with Crippen LogP contribution < -0.4 is 4.90 Å². The molecule has 27 heavy (non-hydrogen) atoms. The predicted octanol–water partition coefficient (Wildman–Crippen LogP) is 4.42. The first kappa shape index (κ1) is 20.2. The minimum Gasteiger partial charge on any atom is -0.396 e. The fourth-order valence-corrected chi connectivity index (χ4v) is 4.52. The van der Waals surface area contributed by atoms with Gasteiger partial charge in [-0.05, 0) is 31.4 Å². The predicted molar refractivity (Wildman–Crippen MR) is 108 cm³/mol. The van der Waals surface area contributed by atoms with Gasteiger partial charge >= 0.3 is 6.09 Å². The highest BCUT2D eigenvalue weighted by Gasteiger charge is 2.49. The van der Waals surface area contributed by atoms with Crippen LogP contribution in [-0.4, -0.2) is 56.2 Å². The summed E-state index contributed by atoms with van der Waals surface area (Å²) in [6.07, 6.45) is 5.29. The van der Waals surface area contributed by atoms with E-state index < -0.39 is 0 Å². The standard InChI is InChI=1S/C22H35N2O3/c1-3-5-13-23(20-9-7-6-8-10-20)22(25)27-21-18-19-11-14-24(21,15-12-19)16-17-26-4-2/h6-10,19,21H,3-5,11-18H2,1-2H3/q+1/t19?,21-,24?/m1/s1. The molecule has 0 saturated carbocycles. The second kappa shape index (κ2) is 9.56. The van der Waals surface area contributed by atoms with E-state index in [1.54, 1.807) is 0 Å². The van der Waals surface area contributed by atoms with Crippen LogP contribution in [0.1, 0.15) is 46.0 Å². The molecule has 0 spiro atoms. The maximum absolute atomic E-state index is 13.1. The molecule has 1 aromatic rings. The van der Waals surface area contributed by atoms with Crippen LogP contribution in [0.4, 0.5) is 10.5 Å². The van der Waals surface area contributed by atoms with Crippen molar-refractivity contribution >= 4 is 11.8 Å². The van der Waals surface area contributed by atoms with E-state index in [0.29, 0.717) is 12.5 Å². The molecule has 3 aliphatic rings. The number of carbonyl (C=O) groups is 1. The van der Waals surface area contributed by atoms with Crippen LogP contribution in [0, 0.1) is 5.92 Å². The number of nitrogens with zero attached hydrogens (tertiary/aromatic N) is 2. The van der Waals surface area contributed by atoms with Crippen molar-refractivity contribution in [1.82, 2.24) is 0 Å². The molecular weight excluding hydrogens is 340 g/mol. The van der Waals surface area contributed by atoms with Gasteiger partial charge in [-0.25, -0.2) is 4.79 Å². The van der Waals surface area contributed by atoms with Gasteiger partial charge in [0, 0.05) is 38.1 Å². The molecule has 0 unspecified atom stereocenters. The zero-order valence-corrected chi connectivity index (χ0v) is 16.9. The molecule has 150 valence electrons. The molecule has 3 aliphatic heterocycles. The van der Waals surface area contributed by atoms with E-state index in [9.17, 15) is 4.79 Å². The van der Waals surface area contributed by atoms with Crippen LogP contribution in [-0.2, 0) is 9.47 Å². The summed E-state index contributed by atoms with van der Waals surface area (Å²) in [5.41, 5.74) is 0.924. The van der Waals surface area contributed by atoms with Crippen LogP contribution in [0.2, 0.25) is 0 Å². The highest BCUT2D eigenvalue weighted by atomic mass is 16.6. The molecule has 1 atom stereocenters. The Labute approximate surface area is 163 Å². The first-order valence-corrected chi connectivity index (χ1v) is 10.6. The second-order valence-electron chi connectivity index (χ2n) is 7.94. The van der Waals surface area contributed by atoms with Crippen molar-refractivity contribution in [2.24, 2.45) is 5.92 Å². The first-order valence-electron chi connectivity index (χ1n) is 10.6. The molecule has 5 heteroatoms. The number of ether oxygens (including phenoxy) is 2. The van der Waals surface area contributed by atoms with Gasteiger partial charge in [0.05, 0.1) is 19.7 Å². The summed E-state index contributed by atoms with van der Waals surface area (Å²) in [5.74, 6) is 0.704. The molecule has 0 radical (unpaired) electrons. The minimum absolute atomic E-state index is 0.0294. The lowest BCUT2D eigenvalue weighted by molar-refractivity contribution is -0.984. The van der Waals surface area contributed by atoms with Crippen molar-refractivity contribution < 1.29 is 18.8 Å². The summed E-state index contributed by atoms with van der Waals surface area (Å²) in [7, 11) is 0. The number of piperidine rings is 3. The number of amides is 1. The van der Waals surface area contributed by atoms with Gasteiger partial charge in [0.25, 0.3) is 0 Å². The average molecular weight is 376 g/mol. The third-order valence-corrected chi connectivity index (χ3v) is 6.26. The van der Waals surface area contributed by atoms with E-state index in [0.717, 1.165) is 62.3 Å². The van der Waals surface area contributed by atoms with E-state index in [1.165, 1.54) is 12.8 Å². The van der Waals surface area contributed by atoms with Gasteiger partial charge in [0.2, 0.25) is 6.23 Å². The molecule has 5 nitrogen and oxygen atoms in total. The first-order chi connectivity index (χ1) is 13.2. The van der Waals surface area contributed by atoms with E-state index in [-0.39, 0.29) is 12.3 Å². The maximum Gasteiger partial charge on any atom is 0.418 e. The van der Waals surface area contributed by atoms with Gasteiger partial charge in [-0.3, -0.25) is 9.38 Å². The summed E-state index contributed by atoms with van der Waals surface area (Å²) in [6.45, 7) is 9.53. The van der Waals surface area contributed by atoms with E-state index in [2.05, 4.69) is 6.92 Å². The number of benzene rings is 1. The van der Waals surface area contributed by atoms with Gasteiger partial charge in [0.1, 0.15) is 6.54 Å². The highest BCUT2D eigenvalue weighted by molar-refractivity contribution is 5.87. The van der Waals surface area contributed by atoms with Gasteiger partial charge in [-0.15, -0.1) is 0 Å². The van der Waals surface area contributed by atoms with E-state index in [4.69, 9.17) is 9.47 Å².